The number of pyridine rings is 1. The number of para-hydroxylation sites is 1. The van der Waals surface area contributed by atoms with E-state index in [-0.39, 0.29) is 0 Å². The van der Waals surface area contributed by atoms with E-state index >= 15 is 0 Å². The average molecular weight is 268 g/mol. The molecule has 1 aromatic heterocycles. The predicted octanol–water partition coefficient (Wildman–Crippen LogP) is 3.97. The molecule has 1 aliphatic carbocycles. The molecular formula is C18H24N2. The van der Waals surface area contributed by atoms with Crippen molar-refractivity contribution in [1.29, 1.82) is 0 Å². The van der Waals surface area contributed by atoms with Gasteiger partial charge in [0.2, 0.25) is 0 Å². The van der Waals surface area contributed by atoms with Crippen LogP contribution in [0.4, 0.5) is 0 Å². The largest absolute Gasteiger partial charge is 0.316 e. The molecule has 0 aliphatic heterocycles. The van der Waals surface area contributed by atoms with Crippen LogP contribution in [0.15, 0.2) is 36.5 Å². The van der Waals surface area contributed by atoms with Gasteiger partial charge in [0, 0.05) is 11.6 Å². The quantitative estimate of drug-likeness (QED) is 0.887. The molecule has 2 nitrogen and oxygen atoms in total. The van der Waals surface area contributed by atoms with Crippen molar-refractivity contribution in [1.82, 2.24) is 10.3 Å². The highest BCUT2D eigenvalue weighted by molar-refractivity contribution is 5.82. The van der Waals surface area contributed by atoms with E-state index in [4.69, 9.17) is 0 Å². The summed E-state index contributed by atoms with van der Waals surface area (Å²) in [6.45, 7) is 6.79. The number of rotatable bonds is 5. The van der Waals surface area contributed by atoms with Gasteiger partial charge in [0.05, 0.1) is 5.52 Å². The highest BCUT2D eigenvalue weighted by Gasteiger charge is 2.32. The Hall–Kier alpha value is -1.41. The van der Waals surface area contributed by atoms with E-state index in [0.717, 1.165) is 24.9 Å². The summed E-state index contributed by atoms with van der Waals surface area (Å²) in [5.74, 6) is 2.20. The molecule has 1 saturated carbocycles. The van der Waals surface area contributed by atoms with Crippen LogP contribution in [-0.2, 0) is 0 Å². The van der Waals surface area contributed by atoms with Crippen molar-refractivity contribution in [3.63, 3.8) is 0 Å². The maximum absolute atomic E-state index is 4.61. The van der Waals surface area contributed by atoms with Crippen molar-refractivity contribution < 1.29 is 0 Å². The van der Waals surface area contributed by atoms with Crippen molar-refractivity contribution in [2.24, 2.45) is 11.8 Å². The molecule has 2 heteroatoms. The van der Waals surface area contributed by atoms with Crippen LogP contribution in [0.2, 0.25) is 0 Å². The first kappa shape index (κ1) is 13.6. The van der Waals surface area contributed by atoms with Gasteiger partial charge in [-0.3, -0.25) is 4.98 Å². The monoisotopic (exact) mass is 268 g/mol. The molecule has 1 aliphatic rings. The summed E-state index contributed by atoms with van der Waals surface area (Å²) >= 11 is 0. The van der Waals surface area contributed by atoms with Crippen LogP contribution in [0.5, 0.6) is 0 Å². The molecule has 1 heterocycles. The number of hydrogen-bond acceptors (Lipinski definition) is 2. The molecule has 0 amide bonds. The molecule has 0 bridgehead atoms. The van der Waals surface area contributed by atoms with Crippen LogP contribution in [0, 0.1) is 11.8 Å². The number of benzene rings is 1. The summed E-state index contributed by atoms with van der Waals surface area (Å²) in [7, 11) is 0. The van der Waals surface area contributed by atoms with Crippen LogP contribution in [0.3, 0.4) is 0 Å². The molecule has 2 unspecified atom stereocenters. The molecule has 0 saturated heterocycles. The molecule has 0 spiro atoms. The Morgan fingerprint density at radius 1 is 1.20 bits per heavy atom. The summed E-state index contributed by atoms with van der Waals surface area (Å²) in [6, 6.07) is 10.8. The molecule has 1 aromatic carbocycles. The van der Waals surface area contributed by atoms with E-state index in [1.807, 2.05) is 12.3 Å². The maximum Gasteiger partial charge on any atom is 0.0736 e. The first-order valence-electron chi connectivity index (χ1n) is 7.80. The zero-order valence-corrected chi connectivity index (χ0v) is 12.5. The fraction of sp³-hybridized carbons (Fsp3) is 0.500. The molecular weight excluding hydrogens is 244 g/mol. The standard InChI is InChI=1S/C18H24N2/c1-13(2)11-19-12-15-8-9-16(15)17-7-3-5-14-6-4-10-20-18(14)17/h3-7,10,13,15-16,19H,8-9,11-12H2,1-2H3. The van der Waals surface area contributed by atoms with Gasteiger partial charge in [-0.25, -0.2) is 0 Å². The van der Waals surface area contributed by atoms with Crippen molar-refractivity contribution >= 4 is 10.9 Å². The van der Waals surface area contributed by atoms with Crippen molar-refractivity contribution in [2.75, 3.05) is 13.1 Å². The second-order valence-corrected chi connectivity index (χ2v) is 6.42. The zero-order valence-electron chi connectivity index (χ0n) is 12.5. The van der Waals surface area contributed by atoms with Crippen LogP contribution < -0.4 is 5.32 Å². The normalized spacial score (nSPS) is 22.1. The van der Waals surface area contributed by atoms with Gasteiger partial charge in [0.15, 0.2) is 0 Å². The molecule has 1 fully saturated rings. The first-order valence-corrected chi connectivity index (χ1v) is 7.80. The second-order valence-electron chi connectivity index (χ2n) is 6.42. The van der Waals surface area contributed by atoms with Crippen LogP contribution in [-0.4, -0.2) is 18.1 Å². The smallest absolute Gasteiger partial charge is 0.0736 e. The SMILES string of the molecule is CC(C)CNCC1CCC1c1cccc2cccnc12. The van der Waals surface area contributed by atoms with E-state index in [2.05, 4.69) is 48.4 Å². The molecule has 0 radical (unpaired) electrons. The molecule has 1 N–H and O–H groups in total. The molecule has 20 heavy (non-hydrogen) atoms. The minimum Gasteiger partial charge on any atom is -0.316 e. The average Bonchev–Trinajstić information content (AvgIpc) is 2.42. The third-order valence-electron chi connectivity index (χ3n) is 4.44. The Bertz CT molecular complexity index is 571. The summed E-state index contributed by atoms with van der Waals surface area (Å²) in [6.07, 6.45) is 4.57. The third kappa shape index (κ3) is 2.71. The number of fused-ring (bicyclic) bond motifs is 1. The first-order chi connectivity index (χ1) is 9.75. The van der Waals surface area contributed by atoms with Crippen molar-refractivity contribution in [3.8, 4) is 0 Å². The van der Waals surface area contributed by atoms with Gasteiger partial charge in [0.25, 0.3) is 0 Å². The van der Waals surface area contributed by atoms with E-state index in [0.29, 0.717) is 5.92 Å². The maximum atomic E-state index is 4.61. The van der Waals surface area contributed by atoms with E-state index < -0.39 is 0 Å². The van der Waals surface area contributed by atoms with E-state index in [1.54, 1.807) is 0 Å². The van der Waals surface area contributed by atoms with Crippen LogP contribution in [0.1, 0.15) is 38.2 Å². The van der Waals surface area contributed by atoms with Crippen molar-refractivity contribution in [2.45, 2.75) is 32.6 Å². The highest BCUT2D eigenvalue weighted by Crippen LogP contribution is 2.43. The van der Waals surface area contributed by atoms with Gasteiger partial charge >= 0.3 is 0 Å². The Labute approximate surface area is 121 Å². The number of hydrogen-bond donors (Lipinski definition) is 1. The van der Waals surface area contributed by atoms with Gasteiger partial charge in [0.1, 0.15) is 0 Å². The zero-order chi connectivity index (χ0) is 13.9. The van der Waals surface area contributed by atoms with Crippen LogP contribution >= 0.6 is 0 Å². The Morgan fingerprint density at radius 3 is 2.80 bits per heavy atom. The van der Waals surface area contributed by atoms with Gasteiger partial charge in [-0.05, 0) is 55.3 Å². The molecule has 2 atom stereocenters. The van der Waals surface area contributed by atoms with Gasteiger partial charge < -0.3 is 5.32 Å². The molecule has 3 rings (SSSR count). The topological polar surface area (TPSA) is 24.9 Å². The number of nitrogens with one attached hydrogen (secondary N) is 1. The van der Waals surface area contributed by atoms with E-state index in [1.165, 1.54) is 29.3 Å². The lowest BCUT2D eigenvalue weighted by Crippen LogP contribution is -2.35. The highest BCUT2D eigenvalue weighted by atomic mass is 14.9. The lowest BCUT2D eigenvalue weighted by molar-refractivity contribution is 0.244. The van der Waals surface area contributed by atoms with Crippen LogP contribution in [0.25, 0.3) is 10.9 Å². The van der Waals surface area contributed by atoms with E-state index in [9.17, 15) is 0 Å². The fourth-order valence-electron chi connectivity index (χ4n) is 3.21. The second kappa shape index (κ2) is 5.92. The summed E-state index contributed by atoms with van der Waals surface area (Å²) in [5.41, 5.74) is 2.65. The minimum atomic E-state index is 0.688. The molecule has 2 aromatic rings. The van der Waals surface area contributed by atoms with Gasteiger partial charge in [-0.15, -0.1) is 0 Å². The number of aromatic nitrogens is 1. The summed E-state index contributed by atoms with van der Waals surface area (Å²) in [4.78, 5) is 4.61. The Morgan fingerprint density at radius 2 is 2.05 bits per heavy atom. The Kier molecular flexibility index (Phi) is 4.02. The van der Waals surface area contributed by atoms with Crippen molar-refractivity contribution in [3.05, 3.63) is 42.1 Å². The fourth-order valence-corrected chi connectivity index (χ4v) is 3.21. The summed E-state index contributed by atoms with van der Waals surface area (Å²) < 4.78 is 0. The third-order valence-corrected chi connectivity index (χ3v) is 4.44. The Balaban J connectivity index is 1.74. The molecule has 106 valence electrons. The van der Waals surface area contributed by atoms with Gasteiger partial charge in [-0.1, -0.05) is 38.1 Å². The minimum absolute atomic E-state index is 0.688. The summed E-state index contributed by atoms with van der Waals surface area (Å²) in [5, 5.41) is 4.88. The van der Waals surface area contributed by atoms with Gasteiger partial charge in [-0.2, -0.15) is 0 Å². The lowest BCUT2D eigenvalue weighted by Gasteiger charge is -2.37. The predicted molar refractivity (Wildman–Crippen MR) is 84.9 cm³/mol. The lowest BCUT2D eigenvalue weighted by atomic mass is 9.69. The number of nitrogens with zero attached hydrogens (tertiary/aromatic N) is 1.